The van der Waals surface area contributed by atoms with Gasteiger partial charge in [-0.05, 0) is 13.8 Å². The minimum Gasteiger partial charge on any atom is -0.458 e. The maximum absolute atomic E-state index is 10.8. The van der Waals surface area contributed by atoms with Crippen molar-refractivity contribution in [3.05, 3.63) is 11.3 Å². The molecule has 0 bridgehead atoms. The fraction of sp³-hybridized carbons (Fsp3) is 0.500. The van der Waals surface area contributed by atoms with E-state index >= 15 is 0 Å². The van der Waals surface area contributed by atoms with E-state index in [1.165, 1.54) is 13.8 Å². The number of carbonyl (C=O) groups is 1. The van der Waals surface area contributed by atoms with Crippen molar-refractivity contribution >= 4 is 13.8 Å². The van der Waals surface area contributed by atoms with Gasteiger partial charge in [-0.15, -0.1) is 0 Å². The molecule has 0 spiro atoms. The van der Waals surface area contributed by atoms with E-state index in [1.54, 1.807) is 0 Å². The van der Waals surface area contributed by atoms with Crippen molar-refractivity contribution in [3.63, 3.8) is 0 Å². The molecule has 1 rings (SSSR count). The van der Waals surface area contributed by atoms with Crippen LogP contribution in [-0.4, -0.2) is 24.6 Å². The van der Waals surface area contributed by atoms with Gasteiger partial charge >= 0.3 is 5.97 Å². The summed E-state index contributed by atoms with van der Waals surface area (Å²) in [4.78, 5) is 14.7. The summed E-state index contributed by atoms with van der Waals surface area (Å²) >= 11 is 0. The van der Waals surface area contributed by atoms with E-state index in [9.17, 15) is 4.79 Å². The van der Waals surface area contributed by atoms with Gasteiger partial charge in [0.2, 0.25) is 0 Å². The lowest BCUT2D eigenvalue weighted by Crippen LogP contribution is -2.28. The van der Waals surface area contributed by atoms with Crippen molar-refractivity contribution in [2.45, 2.75) is 19.3 Å². The van der Waals surface area contributed by atoms with Crippen LogP contribution in [-0.2, 0) is 14.4 Å². The maximum atomic E-state index is 10.8. The van der Waals surface area contributed by atoms with E-state index in [-0.39, 0.29) is 11.3 Å². The van der Waals surface area contributed by atoms with Crippen LogP contribution in [0.1, 0.15) is 13.8 Å². The highest BCUT2D eigenvalue weighted by atomic mass is 17.1. The van der Waals surface area contributed by atoms with Gasteiger partial charge in [0.05, 0.1) is 5.57 Å². The molecule has 0 aliphatic carbocycles. The molecule has 0 saturated heterocycles. The lowest BCUT2D eigenvalue weighted by Gasteiger charge is -2.18. The molecular weight excluding hydrogens is 147 g/mol. The molecule has 11 heavy (non-hydrogen) atoms. The monoisotopic (exact) mass is 154 g/mol. The highest BCUT2D eigenvalue weighted by Crippen LogP contribution is 2.29. The Balaban J connectivity index is 3.06. The van der Waals surface area contributed by atoms with Gasteiger partial charge < -0.3 is 9.62 Å². The summed E-state index contributed by atoms with van der Waals surface area (Å²) < 4.78 is 4.64. The SMILES string of the molecule is [B]C1(C)OC(=O)C(C)=C1OO. The molecule has 2 radical (unpaired) electrons. The number of carbonyl (C=O) groups excluding carboxylic acids is 1. The molecule has 1 N–H and O–H groups in total. The first-order valence-electron chi connectivity index (χ1n) is 3.04. The first-order valence-corrected chi connectivity index (χ1v) is 3.04. The quantitative estimate of drug-likeness (QED) is 0.253. The Hall–Kier alpha value is -0.965. The lowest BCUT2D eigenvalue weighted by molar-refractivity contribution is -0.217. The van der Waals surface area contributed by atoms with E-state index in [0.29, 0.717) is 0 Å². The highest BCUT2D eigenvalue weighted by molar-refractivity contribution is 6.19. The second-order valence-electron chi connectivity index (χ2n) is 2.54. The fourth-order valence-electron chi connectivity index (χ4n) is 0.940. The molecule has 1 heterocycles. The molecule has 0 aromatic heterocycles. The van der Waals surface area contributed by atoms with Crippen molar-refractivity contribution in [2.75, 3.05) is 0 Å². The third-order valence-electron chi connectivity index (χ3n) is 1.49. The van der Waals surface area contributed by atoms with Crippen LogP contribution in [0, 0.1) is 0 Å². The summed E-state index contributed by atoms with van der Waals surface area (Å²) in [6.07, 6.45) is 0. The van der Waals surface area contributed by atoms with E-state index in [2.05, 4.69) is 9.62 Å². The second-order valence-corrected chi connectivity index (χ2v) is 2.54. The van der Waals surface area contributed by atoms with Crippen LogP contribution in [0.3, 0.4) is 0 Å². The molecule has 0 saturated carbocycles. The fourth-order valence-corrected chi connectivity index (χ4v) is 0.940. The van der Waals surface area contributed by atoms with Gasteiger partial charge in [-0.2, -0.15) is 0 Å². The zero-order chi connectivity index (χ0) is 8.65. The Morgan fingerprint density at radius 3 is 2.45 bits per heavy atom. The summed E-state index contributed by atoms with van der Waals surface area (Å²) in [6, 6.07) is 0. The number of ether oxygens (including phenoxy) is 1. The van der Waals surface area contributed by atoms with Crippen LogP contribution >= 0.6 is 0 Å². The largest absolute Gasteiger partial charge is 0.458 e. The van der Waals surface area contributed by atoms with Crippen molar-refractivity contribution in [1.82, 2.24) is 0 Å². The standard InChI is InChI=1S/C6H7BO4/c1-3-4(11-9)6(2,7)10-5(3)8/h9H,1-2H3. The van der Waals surface area contributed by atoms with Gasteiger partial charge in [0.25, 0.3) is 0 Å². The Kier molecular flexibility index (Phi) is 1.68. The van der Waals surface area contributed by atoms with Crippen LogP contribution in [0.15, 0.2) is 11.3 Å². The topological polar surface area (TPSA) is 55.8 Å². The number of hydrogen-bond acceptors (Lipinski definition) is 4. The second kappa shape index (κ2) is 2.27. The van der Waals surface area contributed by atoms with E-state index in [0.717, 1.165) is 0 Å². The molecule has 0 aromatic carbocycles. The Bertz CT molecular complexity index is 231. The predicted molar refractivity (Wildman–Crippen MR) is 36.7 cm³/mol. The molecule has 58 valence electrons. The lowest BCUT2D eigenvalue weighted by atomic mass is 9.82. The van der Waals surface area contributed by atoms with Crippen LogP contribution in [0.5, 0.6) is 0 Å². The van der Waals surface area contributed by atoms with Gasteiger partial charge in [0, 0.05) is 0 Å². The molecule has 1 atom stereocenters. The molecule has 0 amide bonds. The van der Waals surface area contributed by atoms with Crippen molar-refractivity contribution < 1.29 is 19.7 Å². The first kappa shape index (κ1) is 8.13. The van der Waals surface area contributed by atoms with Crippen LogP contribution in [0.4, 0.5) is 0 Å². The van der Waals surface area contributed by atoms with Crippen molar-refractivity contribution in [2.24, 2.45) is 0 Å². The van der Waals surface area contributed by atoms with Crippen LogP contribution in [0.2, 0.25) is 0 Å². The number of cyclic esters (lactones) is 1. The van der Waals surface area contributed by atoms with E-state index in [1.807, 2.05) is 0 Å². The Morgan fingerprint density at radius 2 is 2.27 bits per heavy atom. The maximum Gasteiger partial charge on any atom is 0.337 e. The number of esters is 1. The van der Waals surface area contributed by atoms with Gasteiger partial charge in [-0.25, -0.2) is 10.1 Å². The first-order chi connectivity index (χ1) is 4.99. The number of hydrogen-bond donors (Lipinski definition) is 1. The van der Waals surface area contributed by atoms with E-state index < -0.39 is 11.5 Å². The van der Waals surface area contributed by atoms with E-state index in [4.69, 9.17) is 13.1 Å². The van der Waals surface area contributed by atoms with Gasteiger partial charge in [0.1, 0.15) is 13.3 Å². The summed E-state index contributed by atoms with van der Waals surface area (Å²) in [5.41, 5.74) is -1.15. The van der Waals surface area contributed by atoms with Gasteiger partial charge in [0.15, 0.2) is 5.76 Å². The molecule has 1 aliphatic heterocycles. The third-order valence-corrected chi connectivity index (χ3v) is 1.49. The highest BCUT2D eigenvalue weighted by Gasteiger charge is 2.40. The van der Waals surface area contributed by atoms with Gasteiger partial charge in [-0.1, -0.05) is 0 Å². The molecule has 1 unspecified atom stereocenters. The zero-order valence-electron chi connectivity index (χ0n) is 6.25. The Morgan fingerprint density at radius 1 is 1.73 bits per heavy atom. The molecule has 0 aromatic rings. The normalized spacial score (nSPS) is 30.6. The van der Waals surface area contributed by atoms with Crippen molar-refractivity contribution in [3.8, 4) is 0 Å². The molecule has 4 nitrogen and oxygen atoms in total. The summed E-state index contributed by atoms with van der Waals surface area (Å²) in [5, 5.41) is 8.32. The Labute approximate surface area is 65.1 Å². The molecular formula is C6H7BO4. The summed E-state index contributed by atoms with van der Waals surface area (Å²) in [6.45, 7) is 2.89. The summed E-state index contributed by atoms with van der Waals surface area (Å²) in [5.74, 6) is -0.610. The van der Waals surface area contributed by atoms with Gasteiger partial charge in [-0.3, -0.25) is 0 Å². The molecule has 5 heteroatoms. The predicted octanol–water partition coefficient (Wildman–Crippen LogP) is 0.191. The molecule has 0 fully saturated rings. The summed E-state index contributed by atoms with van der Waals surface area (Å²) in [7, 11) is 5.43. The van der Waals surface area contributed by atoms with Crippen LogP contribution in [0.25, 0.3) is 0 Å². The van der Waals surface area contributed by atoms with Crippen molar-refractivity contribution in [1.29, 1.82) is 0 Å². The minimum absolute atomic E-state index is 0.0394. The average Bonchev–Trinajstić information content (AvgIpc) is 2.03. The third kappa shape index (κ3) is 1.11. The molecule has 1 aliphatic rings. The average molecular weight is 154 g/mol. The van der Waals surface area contributed by atoms with Crippen LogP contribution < -0.4 is 0 Å². The zero-order valence-corrected chi connectivity index (χ0v) is 6.25. The smallest absolute Gasteiger partial charge is 0.337 e. The minimum atomic E-state index is -1.34. The number of rotatable bonds is 1.